The van der Waals surface area contributed by atoms with Crippen LogP contribution < -0.4 is 11.3 Å². The summed E-state index contributed by atoms with van der Waals surface area (Å²) in [7, 11) is 0. The predicted octanol–water partition coefficient (Wildman–Crippen LogP) is 3.42. The Bertz CT molecular complexity index is 386. The molecular formula is C16H25FN2. The van der Waals surface area contributed by atoms with Gasteiger partial charge in [-0.25, -0.2) is 4.39 Å². The Kier molecular flexibility index (Phi) is 5.34. The van der Waals surface area contributed by atoms with Gasteiger partial charge >= 0.3 is 0 Å². The number of halogens is 1. The summed E-state index contributed by atoms with van der Waals surface area (Å²) < 4.78 is 13.2. The second kappa shape index (κ2) is 7.01. The highest BCUT2D eigenvalue weighted by molar-refractivity contribution is 5.17. The molecule has 3 N–H and O–H groups in total. The number of hydrogen-bond donors (Lipinski definition) is 2. The van der Waals surface area contributed by atoms with E-state index < -0.39 is 0 Å². The number of nitrogens with two attached hydrogens (primary N) is 1. The second-order valence-electron chi connectivity index (χ2n) is 5.80. The molecule has 0 spiro atoms. The number of nitrogens with one attached hydrogen (secondary N) is 1. The highest BCUT2D eigenvalue weighted by Gasteiger charge is 2.26. The minimum Gasteiger partial charge on any atom is -0.271 e. The molecule has 106 valence electrons. The Labute approximate surface area is 115 Å². The number of hydrazine groups is 1. The van der Waals surface area contributed by atoms with Gasteiger partial charge in [-0.3, -0.25) is 11.3 Å². The molecule has 1 unspecified atom stereocenters. The fourth-order valence-corrected chi connectivity index (χ4v) is 3.28. The Morgan fingerprint density at radius 3 is 2.63 bits per heavy atom. The summed E-state index contributed by atoms with van der Waals surface area (Å²) in [5.74, 6) is 7.06. The van der Waals surface area contributed by atoms with Crippen LogP contribution in [0.15, 0.2) is 24.3 Å². The Morgan fingerprint density at radius 2 is 2.05 bits per heavy atom. The maximum Gasteiger partial charge on any atom is 0.123 e. The molecule has 1 aliphatic carbocycles. The molecule has 1 aromatic carbocycles. The summed E-state index contributed by atoms with van der Waals surface area (Å²) in [4.78, 5) is 0. The molecule has 0 aromatic heterocycles. The Balaban J connectivity index is 1.93. The molecule has 0 saturated heterocycles. The van der Waals surface area contributed by atoms with Gasteiger partial charge in [0.1, 0.15) is 5.82 Å². The van der Waals surface area contributed by atoms with Crippen LogP contribution in [-0.2, 0) is 6.42 Å². The number of benzene rings is 1. The van der Waals surface area contributed by atoms with Crippen molar-refractivity contribution in [1.29, 1.82) is 0 Å². The van der Waals surface area contributed by atoms with E-state index in [0.29, 0.717) is 5.92 Å². The fraction of sp³-hybridized carbons (Fsp3) is 0.625. The SMILES string of the molecule is CCC1CCC(C(Cc2cccc(F)c2)NN)CC1. The first kappa shape index (κ1) is 14.5. The van der Waals surface area contributed by atoms with Crippen LogP contribution in [0, 0.1) is 17.7 Å². The zero-order chi connectivity index (χ0) is 13.7. The van der Waals surface area contributed by atoms with Gasteiger partial charge in [-0.15, -0.1) is 0 Å². The summed E-state index contributed by atoms with van der Waals surface area (Å²) in [6.07, 6.45) is 7.20. The van der Waals surface area contributed by atoms with Crippen molar-refractivity contribution in [2.75, 3.05) is 0 Å². The molecule has 2 rings (SSSR count). The largest absolute Gasteiger partial charge is 0.271 e. The standard InChI is InChI=1S/C16H25FN2/c1-2-12-6-8-14(9-7-12)16(19-18)11-13-4-3-5-15(17)10-13/h3-5,10,12,14,16,19H,2,6-9,11,18H2,1H3. The van der Waals surface area contributed by atoms with E-state index in [4.69, 9.17) is 5.84 Å². The van der Waals surface area contributed by atoms with Crippen LogP contribution in [0.5, 0.6) is 0 Å². The molecule has 2 nitrogen and oxygen atoms in total. The molecule has 1 fully saturated rings. The van der Waals surface area contributed by atoms with E-state index in [2.05, 4.69) is 12.3 Å². The zero-order valence-electron chi connectivity index (χ0n) is 11.7. The van der Waals surface area contributed by atoms with Crippen molar-refractivity contribution in [3.05, 3.63) is 35.6 Å². The van der Waals surface area contributed by atoms with Crippen LogP contribution in [0.3, 0.4) is 0 Å². The first-order chi connectivity index (χ1) is 9.22. The van der Waals surface area contributed by atoms with Crippen molar-refractivity contribution in [3.63, 3.8) is 0 Å². The second-order valence-corrected chi connectivity index (χ2v) is 5.80. The van der Waals surface area contributed by atoms with E-state index in [9.17, 15) is 4.39 Å². The van der Waals surface area contributed by atoms with Gasteiger partial charge in [-0.05, 0) is 48.8 Å². The quantitative estimate of drug-likeness (QED) is 0.632. The topological polar surface area (TPSA) is 38.0 Å². The number of hydrogen-bond acceptors (Lipinski definition) is 2. The van der Waals surface area contributed by atoms with Crippen molar-refractivity contribution in [2.24, 2.45) is 17.7 Å². The summed E-state index contributed by atoms with van der Waals surface area (Å²) in [6.45, 7) is 2.27. The molecule has 0 aliphatic heterocycles. The van der Waals surface area contributed by atoms with Crippen molar-refractivity contribution in [2.45, 2.75) is 51.5 Å². The highest BCUT2D eigenvalue weighted by atomic mass is 19.1. The summed E-state index contributed by atoms with van der Waals surface area (Å²) in [5.41, 5.74) is 3.98. The molecular weight excluding hydrogens is 239 g/mol. The molecule has 3 heteroatoms. The van der Waals surface area contributed by atoms with E-state index in [1.54, 1.807) is 12.1 Å². The molecule has 1 atom stereocenters. The van der Waals surface area contributed by atoms with Gasteiger partial charge in [-0.1, -0.05) is 38.3 Å². The average molecular weight is 264 g/mol. The summed E-state index contributed by atoms with van der Waals surface area (Å²) in [6, 6.07) is 7.11. The Hall–Kier alpha value is -0.930. The van der Waals surface area contributed by atoms with E-state index >= 15 is 0 Å². The van der Waals surface area contributed by atoms with Gasteiger partial charge in [0.25, 0.3) is 0 Å². The van der Waals surface area contributed by atoms with Gasteiger partial charge < -0.3 is 0 Å². The lowest BCUT2D eigenvalue weighted by Crippen LogP contribution is -2.43. The average Bonchev–Trinajstić information content (AvgIpc) is 2.45. The first-order valence-electron chi connectivity index (χ1n) is 7.43. The maximum absolute atomic E-state index is 13.2. The smallest absolute Gasteiger partial charge is 0.123 e. The van der Waals surface area contributed by atoms with E-state index in [1.807, 2.05) is 6.07 Å². The van der Waals surface area contributed by atoms with Gasteiger partial charge in [-0.2, -0.15) is 0 Å². The third-order valence-electron chi connectivity index (χ3n) is 4.60. The minimum atomic E-state index is -0.164. The van der Waals surface area contributed by atoms with Crippen molar-refractivity contribution >= 4 is 0 Å². The Morgan fingerprint density at radius 1 is 1.32 bits per heavy atom. The summed E-state index contributed by atoms with van der Waals surface area (Å²) in [5, 5.41) is 0. The fourth-order valence-electron chi connectivity index (χ4n) is 3.28. The monoisotopic (exact) mass is 264 g/mol. The van der Waals surface area contributed by atoms with Crippen molar-refractivity contribution in [3.8, 4) is 0 Å². The third-order valence-corrected chi connectivity index (χ3v) is 4.60. The summed E-state index contributed by atoms with van der Waals surface area (Å²) >= 11 is 0. The molecule has 1 saturated carbocycles. The van der Waals surface area contributed by atoms with Crippen molar-refractivity contribution < 1.29 is 4.39 Å². The molecule has 0 heterocycles. The molecule has 0 amide bonds. The maximum atomic E-state index is 13.2. The molecule has 0 radical (unpaired) electrons. The molecule has 0 bridgehead atoms. The van der Waals surface area contributed by atoms with E-state index in [1.165, 1.54) is 38.2 Å². The van der Waals surface area contributed by atoms with E-state index in [0.717, 1.165) is 17.9 Å². The predicted molar refractivity (Wildman–Crippen MR) is 77.0 cm³/mol. The lowest BCUT2D eigenvalue weighted by Gasteiger charge is -2.33. The minimum absolute atomic E-state index is 0.164. The van der Waals surface area contributed by atoms with Gasteiger partial charge in [0.2, 0.25) is 0 Å². The number of rotatable bonds is 5. The zero-order valence-corrected chi connectivity index (χ0v) is 11.7. The molecule has 1 aromatic rings. The van der Waals surface area contributed by atoms with Gasteiger partial charge in [0.15, 0.2) is 0 Å². The lowest BCUT2D eigenvalue weighted by molar-refractivity contribution is 0.217. The van der Waals surface area contributed by atoms with Crippen molar-refractivity contribution in [1.82, 2.24) is 5.43 Å². The highest BCUT2D eigenvalue weighted by Crippen LogP contribution is 2.33. The normalized spacial score (nSPS) is 25.2. The van der Waals surface area contributed by atoms with Crippen LogP contribution in [-0.4, -0.2) is 6.04 Å². The first-order valence-corrected chi connectivity index (χ1v) is 7.43. The van der Waals surface area contributed by atoms with Crippen LogP contribution in [0.4, 0.5) is 4.39 Å². The molecule has 1 aliphatic rings. The van der Waals surface area contributed by atoms with Crippen LogP contribution in [0.2, 0.25) is 0 Å². The van der Waals surface area contributed by atoms with E-state index in [-0.39, 0.29) is 11.9 Å². The van der Waals surface area contributed by atoms with Crippen LogP contribution >= 0.6 is 0 Å². The lowest BCUT2D eigenvalue weighted by atomic mass is 9.76. The van der Waals surface area contributed by atoms with Crippen LogP contribution in [0.1, 0.15) is 44.6 Å². The third kappa shape index (κ3) is 4.02. The molecule has 19 heavy (non-hydrogen) atoms. The van der Waals surface area contributed by atoms with Crippen LogP contribution in [0.25, 0.3) is 0 Å². The van der Waals surface area contributed by atoms with Gasteiger partial charge in [0, 0.05) is 6.04 Å². The van der Waals surface area contributed by atoms with Gasteiger partial charge in [0.05, 0.1) is 0 Å².